The van der Waals surface area contributed by atoms with Gasteiger partial charge in [0, 0.05) is 6.42 Å². The molecule has 102 valence electrons. The van der Waals surface area contributed by atoms with Crippen molar-refractivity contribution in [3.8, 4) is 5.75 Å². The van der Waals surface area contributed by atoms with Gasteiger partial charge in [0.15, 0.2) is 0 Å². The van der Waals surface area contributed by atoms with Crippen LogP contribution < -0.4 is 15.8 Å². The van der Waals surface area contributed by atoms with Gasteiger partial charge < -0.3 is 15.8 Å². The first-order valence-corrected chi connectivity index (χ1v) is 6.99. The van der Waals surface area contributed by atoms with Crippen LogP contribution in [0.3, 0.4) is 0 Å². The average molecular weight is 252 g/mol. The van der Waals surface area contributed by atoms with E-state index in [1.165, 1.54) is 11.1 Å². The first-order valence-electron chi connectivity index (χ1n) is 6.99. The van der Waals surface area contributed by atoms with Crippen molar-refractivity contribution < 1.29 is 15.8 Å². The minimum atomic E-state index is 0.580. The predicted octanol–water partition coefficient (Wildman–Crippen LogP) is 0.693. The molecule has 0 radical (unpaired) electrons. The Morgan fingerprint density at radius 2 is 2.06 bits per heavy atom. The van der Waals surface area contributed by atoms with Crippen molar-refractivity contribution >= 4 is 0 Å². The fourth-order valence-electron chi connectivity index (χ4n) is 2.09. The Labute approximate surface area is 111 Å². The summed E-state index contributed by atoms with van der Waals surface area (Å²) in [7, 11) is 0. The maximum Gasteiger partial charge on any atom is 0.125 e. The van der Waals surface area contributed by atoms with E-state index in [0.29, 0.717) is 5.92 Å². The topological polar surface area (TPSA) is 53.5 Å². The summed E-state index contributed by atoms with van der Waals surface area (Å²) in [6.07, 6.45) is 1.09. The van der Waals surface area contributed by atoms with Crippen molar-refractivity contribution in [2.24, 2.45) is 0 Å². The van der Waals surface area contributed by atoms with E-state index in [0.717, 1.165) is 38.4 Å². The van der Waals surface area contributed by atoms with Crippen molar-refractivity contribution in [3.63, 3.8) is 0 Å². The molecular formula is C15H28N2O+2. The summed E-state index contributed by atoms with van der Waals surface area (Å²) in [6, 6.07) is 6.42. The molecule has 1 rings (SSSR count). The number of quaternary nitrogens is 2. The van der Waals surface area contributed by atoms with Crippen molar-refractivity contribution in [2.75, 3.05) is 26.2 Å². The zero-order valence-corrected chi connectivity index (χ0v) is 12.0. The molecule has 18 heavy (non-hydrogen) atoms. The highest BCUT2D eigenvalue weighted by atomic mass is 16.5. The van der Waals surface area contributed by atoms with Gasteiger partial charge in [0.05, 0.1) is 13.2 Å². The molecule has 0 heterocycles. The third-order valence-electron chi connectivity index (χ3n) is 3.09. The van der Waals surface area contributed by atoms with Gasteiger partial charge in [0.25, 0.3) is 0 Å². The van der Waals surface area contributed by atoms with E-state index >= 15 is 0 Å². The number of nitrogens with two attached hydrogens (primary N) is 1. The molecule has 5 N–H and O–H groups in total. The quantitative estimate of drug-likeness (QED) is 0.657. The third-order valence-corrected chi connectivity index (χ3v) is 3.09. The zero-order valence-electron chi connectivity index (χ0n) is 12.0. The smallest absolute Gasteiger partial charge is 0.125 e. The Morgan fingerprint density at radius 3 is 2.67 bits per heavy atom. The SMILES string of the molecule is Cc1cc(OCCC[NH2+]CC[NH3+])ccc1C(C)C. The van der Waals surface area contributed by atoms with Crippen molar-refractivity contribution in [2.45, 2.75) is 33.1 Å². The van der Waals surface area contributed by atoms with Crippen molar-refractivity contribution in [3.05, 3.63) is 29.3 Å². The summed E-state index contributed by atoms with van der Waals surface area (Å²) in [6.45, 7) is 10.6. The molecule has 0 saturated carbocycles. The summed E-state index contributed by atoms with van der Waals surface area (Å²) in [4.78, 5) is 0. The number of benzene rings is 1. The van der Waals surface area contributed by atoms with Crippen LogP contribution >= 0.6 is 0 Å². The normalized spacial score (nSPS) is 10.9. The molecule has 0 atom stereocenters. The molecular weight excluding hydrogens is 224 g/mol. The maximum atomic E-state index is 5.77. The number of aryl methyl sites for hydroxylation is 1. The number of hydrogen-bond donors (Lipinski definition) is 2. The Bertz CT molecular complexity index is 350. The second-order valence-corrected chi connectivity index (χ2v) is 5.09. The molecule has 0 aliphatic rings. The van der Waals surface area contributed by atoms with Crippen LogP contribution in [-0.4, -0.2) is 26.2 Å². The molecule has 0 fully saturated rings. The van der Waals surface area contributed by atoms with E-state index in [1.54, 1.807) is 0 Å². The lowest BCUT2D eigenvalue weighted by Gasteiger charge is -2.12. The molecule has 3 heteroatoms. The highest BCUT2D eigenvalue weighted by Crippen LogP contribution is 2.23. The molecule has 0 bridgehead atoms. The average Bonchev–Trinajstić information content (AvgIpc) is 2.33. The van der Waals surface area contributed by atoms with E-state index in [2.05, 4.69) is 50.0 Å². The molecule has 0 unspecified atom stereocenters. The van der Waals surface area contributed by atoms with Gasteiger partial charge in [-0.3, -0.25) is 0 Å². The Morgan fingerprint density at radius 1 is 1.28 bits per heavy atom. The molecule has 0 aliphatic heterocycles. The maximum absolute atomic E-state index is 5.77. The number of ether oxygens (including phenoxy) is 1. The molecule has 3 nitrogen and oxygen atoms in total. The number of rotatable bonds is 8. The molecule has 0 spiro atoms. The first-order chi connectivity index (χ1) is 8.65. The van der Waals surface area contributed by atoms with Crippen LogP contribution in [-0.2, 0) is 0 Å². The van der Waals surface area contributed by atoms with Crippen molar-refractivity contribution in [1.29, 1.82) is 0 Å². The Balaban J connectivity index is 2.33. The molecule has 0 aliphatic carbocycles. The van der Waals surface area contributed by atoms with Gasteiger partial charge in [-0.1, -0.05) is 19.9 Å². The molecule has 1 aromatic carbocycles. The Hall–Kier alpha value is -1.06. The van der Waals surface area contributed by atoms with Gasteiger partial charge in [-0.15, -0.1) is 0 Å². The fourth-order valence-corrected chi connectivity index (χ4v) is 2.09. The van der Waals surface area contributed by atoms with Gasteiger partial charge >= 0.3 is 0 Å². The molecule has 0 aromatic heterocycles. The second-order valence-electron chi connectivity index (χ2n) is 5.09. The lowest BCUT2D eigenvalue weighted by Crippen LogP contribution is -2.88. The van der Waals surface area contributed by atoms with E-state index < -0.39 is 0 Å². The summed E-state index contributed by atoms with van der Waals surface area (Å²) >= 11 is 0. The fraction of sp³-hybridized carbons (Fsp3) is 0.600. The van der Waals surface area contributed by atoms with Gasteiger partial charge in [0.1, 0.15) is 18.8 Å². The van der Waals surface area contributed by atoms with E-state index in [9.17, 15) is 0 Å². The molecule has 0 amide bonds. The van der Waals surface area contributed by atoms with Gasteiger partial charge in [-0.25, -0.2) is 0 Å². The zero-order chi connectivity index (χ0) is 13.4. The summed E-state index contributed by atoms with van der Waals surface area (Å²) in [5.41, 5.74) is 6.55. The Kier molecular flexibility index (Phi) is 6.76. The summed E-state index contributed by atoms with van der Waals surface area (Å²) in [5, 5.41) is 2.30. The minimum Gasteiger partial charge on any atom is -0.493 e. The van der Waals surface area contributed by atoms with E-state index in [1.807, 2.05) is 0 Å². The largest absolute Gasteiger partial charge is 0.493 e. The van der Waals surface area contributed by atoms with Crippen LogP contribution in [0.2, 0.25) is 0 Å². The standard InChI is InChI=1S/C15H26N2O/c1-12(2)15-6-5-14(11-13(15)3)18-10-4-8-17-9-7-16/h5-6,11-12,17H,4,7-10,16H2,1-3H3/p+2. The number of hydrogen-bond acceptors (Lipinski definition) is 1. The summed E-state index contributed by atoms with van der Waals surface area (Å²) in [5.74, 6) is 1.57. The van der Waals surface area contributed by atoms with Gasteiger partial charge in [0.2, 0.25) is 0 Å². The van der Waals surface area contributed by atoms with Gasteiger partial charge in [-0.2, -0.15) is 0 Å². The van der Waals surface area contributed by atoms with Crippen molar-refractivity contribution in [1.82, 2.24) is 0 Å². The van der Waals surface area contributed by atoms with E-state index in [4.69, 9.17) is 4.74 Å². The first kappa shape index (κ1) is 15.0. The van der Waals surface area contributed by atoms with Crippen LogP contribution in [0, 0.1) is 6.92 Å². The minimum absolute atomic E-state index is 0.580. The van der Waals surface area contributed by atoms with Gasteiger partial charge in [-0.05, 0) is 36.1 Å². The highest BCUT2D eigenvalue weighted by Gasteiger charge is 2.04. The highest BCUT2D eigenvalue weighted by molar-refractivity contribution is 5.36. The second kappa shape index (κ2) is 8.11. The lowest BCUT2D eigenvalue weighted by atomic mass is 9.98. The lowest BCUT2D eigenvalue weighted by molar-refractivity contribution is -0.670. The van der Waals surface area contributed by atoms with Crippen LogP contribution in [0.25, 0.3) is 0 Å². The summed E-state index contributed by atoms with van der Waals surface area (Å²) < 4.78 is 5.77. The van der Waals surface area contributed by atoms with Crippen LogP contribution in [0.4, 0.5) is 0 Å². The predicted molar refractivity (Wildman–Crippen MR) is 74.8 cm³/mol. The monoisotopic (exact) mass is 252 g/mol. The molecule has 1 aromatic rings. The van der Waals surface area contributed by atoms with Crippen LogP contribution in [0.15, 0.2) is 18.2 Å². The van der Waals surface area contributed by atoms with E-state index in [-0.39, 0.29) is 0 Å². The molecule has 0 saturated heterocycles. The van der Waals surface area contributed by atoms with Crippen LogP contribution in [0.1, 0.15) is 37.3 Å². The van der Waals surface area contributed by atoms with Crippen LogP contribution in [0.5, 0.6) is 5.75 Å². The third kappa shape index (κ3) is 5.07.